The Morgan fingerprint density at radius 2 is 2.22 bits per heavy atom. The number of anilines is 1. The monoisotopic (exact) mass is 319 g/mol. The summed E-state index contributed by atoms with van der Waals surface area (Å²) in [6.45, 7) is 4.31. The first-order valence-corrected chi connectivity index (χ1v) is 7.61. The third-order valence-electron chi connectivity index (χ3n) is 3.92. The van der Waals surface area contributed by atoms with Crippen LogP contribution < -0.4 is 4.90 Å². The number of methoxy groups -OCH3 is 1. The molecule has 3 rings (SSSR count). The van der Waals surface area contributed by atoms with Crippen molar-refractivity contribution in [3.63, 3.8) is 0 Å². The van der Waals surface area contributed by atoms with Crippen LogP contribution in [-0.4, -0.2) is 47.7 Å². The molecule has 1 saturated heterocycles. The highest BCUT2D eigenvalue weighted by Gasteiger charge is 2.22. The standard InChI is InChI=1S/C15H21N5O3/c1-10-13(19-23-18-10)7-20(2)15-6-12(11-4-5-22-8-11)16-14(17-15)9-21-3/h6,11H,4-5,7-9H2,1-3H3/t11-/m0/s1. The van der Waals surface area contributed by atoms with Gasteiger partial charge in [0.25, 0.3) is 0 Å². The maximum Gasteiger partial charge on any atom is 0.156 e. The van der Waals surface area contributed by atoms with E-state index in [0.29, 0.717) is 31.5 Å². The Kier molecular flexibility index (Phi) is 4.82. The van der Waals surface area contributed by atoms with Crippen LogP contribution in [0.4, 0.5) is 5.82 Å². The van der Waals surface area contributed by atoms with E-state index in [1.807, 2.05) is 24.9 Å². The predicted molar refractivity (Wildman–Crippen MR) is 82.1 cm³/mol. The lowest BCUT2D eigenvalue weighted by molar-refractivity contribution is 0.177. The van der Waals surface area contributed by atoms with Crippen LogP contribution in [-0.2, 0) is 22.6 Å². The Bertz CT molecular complexity index is 654. The van der Waals surface area contributed by atoms with Crippen molar-refractivity contribution < 1.29 is 14.1 Å². The summed E-state index contributed by atoms with van der Waals surface area (Å²) in [6.07, 6.45) is 0.985. The minimum atomic E-state index is 0.316. The number of rotatable bonds is 6. The molecular formula is C15H21N5O3. The molecule has 1 aliphatic heterocycles. The number of hydrogen-bond donors (Lipinski definition) is 0. The zero-order chi connectivity index (χ0) is 16.2. The third-order valence-corrected chi connectivity index (χ3v) is 3.92. The number of aromatic nitrogens is 4. The summed E-state index contributed by atoms with van der Waals surface area (Å²) in [6, 6.07) is 2.02. The summed E-state index contributed by atoms with van der Waals surface area (Å²) < 4.78 is 15.4. The van der Waals surface area contributed by atoms with Crippen molar-refractivity contribution in [1.82, 2.24) is 20.3 Å². The first kappa shape index (κ1) is 15.8. The Balaban J connectivity index is 1.85. The molecule has 0 unspecified atom stereocenters. The molecule has 0 amide bonds. The Morgan fingerprint density at radius 3 is 2.87 bits per heavy atom. The maximum absolute atomic E-state index is 5.48. The lowest BCUT2D eigenvalue weighted by atomic mass is 10.0. The van der Waals surface area contributed by atoms with Crippen LogP contribution in [0.2, 0.25) is 0 Å². The predicted octanol–water partition coefficient (Wildman–Crippen LogP) is 1.45. The molecule has 0 N–H and O–H groups in total. The van der Waals surface area contributed by atoms with Gasteiger partial charge in [0.1, 0.15) is 23.8 Å². The molecule has 23 heavy (non-hydrogen) atoms. The molecule has 0 aromatic carbocycles. The average Bonchev–Trinajstić information content (AvgIpc) is 3.20. The van der Waals surface area contributed by atoms with Gasteiger partial charge in [0.2, 0.25) is 0 Å². The fourth-order valence-electron chi connectivity index (χ4n) is 2.57. The molecule has 3 heterocycles. The molecule has 2 aromatic heterocycles. The van der Waals surface area contributed by atoms with Crippen LogP contribution in [0, 0.1) is 6.92 Å². The summed E-state index contributed by atoms with van der Waals surface area (Å²) in [7, 11) is 3.60. The molecule has 2 aromatic rings. The van der Waals surface area contributed by atoms with Crippen LogP contribution in [0.3, 0.4) is 0 Å². The summed E-state index contributed by atoms with van der Waals surface area (Å²) in [5.74, 6) is 1.82. The lowest BCUT2D eigenvalue weighted by Crippen LogP contribution is -2.20. The largest absolute Gasteiger partial charge is 0.381 e. The van der Waals surface area contributed by atoms with Crippen molar-refractivity contribution in [1.29, 1.82) is 0 Å². The van der Waals surface area contributed by atoms with Gasteiger partial charge in [-0.15, -0.1) is 0 Å². The molecule has 1 fully saturated rings. The van der Waals surface area contributed by atoms with Gasteiger partial charge in [0.05, 0.1) is 18.8 Å². The number of aryl methyl sites for hydroxylation is 1. The second-order valence-electron chi connectivity index (χ2n) is 5.71. The van der Waals surface area contributed by atoms with E-state index in [4.69, 9.17) is 14.1 Å². The minimum Gasteiger partial charge on any atom is -0.381 e. The van der Waals surface area contributed by atoms with E-state index in [-0.39, 0.29) is 0 Å². The highest BCUT2D eigenvalue weighted by molar-refractivity contribution is 5.40. The van der Waals surface area contributed by atoms with Crippen molar-refractivity contribution in [2.24, 2.45) is 0 Å². The average molecular weight is 319 g/mol. The molecule has 8 heteroatoms. The van der Waals surface area contributed by atoms with Crippen LogP contribution in [0.15, 0.2) is 10.7 Å². The van der Waals surface area contributed by atoms with E-state index in [0.717, 1.165) is 35.9 Å². The van der Waals surface area contributed by atoms with Gasteiger partial charge in [0.15, 0.2) is 5.82 Å². The summed E-state index contributed by atoms with van der Waals surface area (Å²) in [5, 5.41) is 7.73. The van der Waals surface area contributed by atoms with Crippen LogP contribution in [0.1, 0.15) is 35.2 Å². The summed E-state index contributed by atoms with van der Waals surface area (Å²) >= 11 is 0. The van der Waals surface area contributed by atoms with E-state index in [2.05, 4.69) is 20.3 Å². The van der Waals surface area contributed by atoms with Crippen LogP contribution >= 0.6 is 0 Å². The third kappa shape index (κ3) is 3.65. The van der Waals surface area contributed by atoms with Gasteiger partial charge in [-0.25, -0.2) is 14.6 Å². The molecule has 8 nitrogen and oxygen atoms in total. The smallest absolute Gasteiger partial charge is 0.156 e. The van der Waals surface area contributed by atoms with E-state index in [1.54, 1.807) is 7.11 Å². The van der Waals surface area contributed by atoms with Gasteiger partial charge < -0.3 is 14.4 Å². The zero-order valence-corrected chi connectivity index (χ0v) is 13.7. The van der Waals surface area contributed by atoms with Crippen LogP contribution in [0.5, 0.6) is 0 Å². The second-order valence-corrected chi connectivity index (χ2v) is 5.71. The normalized spacial score (nSPS) is 17.6. The SMILES string of the molecule is COCc1nc([C@H]2CCOC2)cc(N(C)Cc2nonc2C)n1. The first-order valence-electron chi connectivity index (χ1n) is 7.61. The Labute approximate surface area is 134 Å². The summed E-state index contributed by atoms with van der Waals surface area (Å²) in [4.78, 5) is 11.2. The molecule has 0 aliphatic carbocycles. The molecule has 1 aliphatic rings. The van der Waals surface area contributed by atoms with Gasteiger partial charge in [-0.1, -0.05) is 10.3 Å². The fraction of sp³-hybridized carbons (Fsp3) is 0.600. The number of ether oxygens (including phenoxy) is 2. The molecule has 0 bridgehead atoms. The molecular weight excluding hydrogens is 298 g/mol. The van der Waals surface area contributed by atoms with Crippen molar-refractivity contribution in [3.05, 3.63) is 29.0 Å². The highest BCUT2D eigenvalue weighted by atomic mass is 16.6. The first-order chi connectivity index (χ1) is 11.2. The minimum absolute atomic E-state index is 0.316. The van der Waals surface area contributed by atoms with E-state index >= 15 is 0 Å². The van der Waals surface area contributed by atoms with E-state index in [1.165, 1.54) is 0 Å². The molecule has 1 atom stereocenters. The summed E-state index contributed by atoms with van der Waals surface area (Å²) in [5.41, 5.74) is 2.58. The van der Waals surface area contributed by atoms with Crippen molar-refractivity contribution >= 4 is 5.82 Å². The molecule has 124 valence electrons. The number of hydrogen-bond acceptors (Lipinski definition) is 8. The van der Waals surface area contributed by atoms with Crippen LogP contribution in [0.25, 0.3) is 0 Å². The molecule has 0 saturated carbocycles. The van der Waals surface area contributed by atoms with Crippen molar-refractivity contribution in [3.8, 4) is 0 Å². The Morgan fingerprint density at radius 1 is 1.35 bits per heavy atom. The van der Waals surface area contributed by atoms with Crippen molar-refractivity contribution in [2.45, 2.75) is 32.4 Å². The van der Waals surface area contributed by atoms with Gasteiger partial charge in [0, 0.05) is 32.7 Å². The second kappa shape index (κ2) is 7.01. The lowest BCUT2D eigenvalue weighted by Gasteiger charge is -2.19. The molecule has 0 spiro atoms. The van der Waals surface area contributed by atoms with Crippen molar-refractivity contribution in [2.75, 3.05) is 32.3 Å². The fourth-order valence-corrected chi connectivity index (χ4v) is 2.57. The van der Waals surface area contributed by atoms with Gasteiger partial charge in [-0.2, -0.15) is 0 Å². The quantitative estimate of drug-likeness (QED) is 0.791. The Hall–Kier alpha value is -2.06. The topological polar surface area (TPSA) is 86.4 Å². The van der Waals surface area contributed by atoms with E-state index < -0.39 is 0 Å². The maximum atomic E-state index is 5.48. The number of nitrogens with zero attached hydrogens (tertiary/aromatic N) is 5. The van der Waals surface area contributed by atoms with Gasteiger partial charge in [-0.05, 0) is 13.3 Å². The van der Waals surface area contributed by atoms with E-state index in [9.17, 15) is 0 Å². The highest BCUT2D eigenvalue weighted by Crippen LogP contribution is 2.26. The molecule has 0 radical (unpaired) electrons. The van der Waals surface area contributed by atoms with Gasteiger partial charge in [-0.3, -0.25) is 0 Å². The zero-order valence-electron chi connectivity index (χ0n) is 13.7. The van der Waals surface area contributed by atoms with Gasteiger partial charge >= 0.3 is 0 Å².